The van der Waals surface area contributed by atoms with Gasteiger partial charge in [-0.1, -0.05) is 36.8 Å². The molecule has 0 amide bonds. The van der Waals surface area contributed by atoms with E-state index in [1.54, 1.807) is 0 Å². The van der Waals surface area contributed by atoms with E-state index in [2.05, 4.69) is 48.4 Å². The molecule has 0 aliphatic heterocycles. The second-order valence-electron chi connectivity index (χ2n) is 4.78. The van der Waals surface area contributed by atoms with Crippen molar-refractivity contribution in [3.05, 3.63) is 47.5 Å². The lowest BCUT2D eigenvalue weighted by Gasteiger charge is -2.10. The summed E-state index contributed by atoms with van der Waals surface area (Å²) in [6.45, 7) is 5.49. The number of aryl methyl sites for hydroxylation is 1. The van der Waals surface area contributed by atoms with E-state index in [-0.39, 0.29) is 0 Å². The lowest BCUT2D eigenvalue weighted by Crippen LogP contribution is -2.05. The Kier molecular flexibility index (Phi) is 4.82. The molecule has 2 rings (SSSR count). The third-order valence-electron chi connectivity index (χ3n) is 2.89. The summed E-state index contributed by atoms with van der Waals surface area (Å²) < 4.78 is 5.52. The van der Waals surface area contributed by atoms with Gasteiger partial charge in [0.05, 0.1) is 12.3 Å². The second kappa shape index (κ2) is 6.80. The van der Waals surface area contributed by atoms with Crippen LogP contribution in [0, 0.1) is 6.92 Å². The zero-order chi connectivity index (χ0) is 14.4. The van der Waals surface area contributed by atoms with E-state index >= 15 is 0 Å². The monoisotopic (exact) mass is 271 g/mol. The number of hydrogen-bond donors (Lipinski definition) is 2. The molecule has 2 aromatic rings. The number of nitrogens with zero attached hydrogens (tertiary/aromatic N) is 1. The van der Waals surface area contributed by atoms with Crippen LogP contribution in [-0.4, -0.2) is 11.6 Å². The van der Waals surface area contributed by atoms with Crippen LogP contribution in [0.1, 0.15) is 24.5 Å². The van der Waals surface area contributed by atoms with Gasteiger partial charge in [0, 0.05) is 6.54 Å². The summed E-state index contributed by atoms with van der Waals surface area (Å²) in [5, 5.41) is 3.29. The molecule has 0 saturated carbocycles. The summed E-state index contributed by atoms with van der Waals surface area (Å²) in [5.74, 6) is 1.27. The van der Waals surface area contributed by atoms with Gasteiger partial charge >= 0.3 is 0 Å². The van der Waals surface area contributed by atoms with Gasteiger partial charge in [-0.3, -0.25) is 0 Å². The normalized spacial score (nSPS) is 10.3. The molecule has 1 heterocycles. The molecule has 0 saturated heterocycles. The Labute approximate surface area is 120 Å². The quantitative estimate of drug-likeness (QED) is 0.845. The molecule has 20 heavy (non-hydrogen) atoms. The summed E-state index contributed by atoms with van der Waals surface area (Å²) in [4.78, 5) is 4.39. The Morgan fingerprint density at radius 3 is 2.85 bits per heavy atom. The molecule has 0 aliphatic rings. The number of aromatic nitrogens is 1. The minimum absolute atomic E-state index is 0.501. The molecule has 1 aromatic carbocycles. The van der Waals surface area contributed by atoms with Crippen molar-refractivity contribution in [3.8, 4) is 5.88 Å². The van der Waals surface area contributed by atoms with Crippen LogP contribution in [0.15, 0.2) is 36.4 Å². The van der Waals surface area contributed by atoms with Gasteiger partial charge in [0.1, 0.15) is 5.82 Å². The number of ether oxygens (including phenoxy) is 1. The van der Waals surface area contributed by atoms with Gasteiger partial charge in [-0.05, 0) is 31.0 Å². The van der Waals surface area contributed by atoms with E-state index in [0.717, 1.165) is 18.8 Å². The average Bonchev–Trinajstić information content (AvgIpc) is 2.45. The molecule has 1 aromatic heterocycles. The zero-order valence-corrected chi connectivity index (χ0v) is 12.0. The summed E-state index contributed by atoms with van der Waals surface area (Å²) in [6, 6.07) is 12.1. The molecule has 0 aliphatic carbocycles. The topological polar surface area (TPSA) is 60.2 Å². The lowest BCUT2D eigenvalue weighted by atomic mass is 10.1. The largest absolute Gasteiger partial charge is 0.476 e. The molecule has 3 N–H and O–H groups in total. The van der Waals surface area contributed by atoms with Crippen LogP contribution in [0.2, 0.25) is 0 Å². The predicted molar refractivity (Wildman–Crippen MR) is 82.9 cm³/mol. The first-order valence-corrected chi connectivity index (χ1v) is 6.87. The number of nitrogens with two attached hydrogens (primary N) is 1. The molecule has 4 heteroatoms. The number of benzene rings is 1. The molecule has 0 unspecified atom stereocenters. The first-order chi connectivity index (χ1) is 9.69. The van der Waals surface area contributed by atoms with Gasteiger partial charge in [-0.2, -0.15) is 4.98 Å². The Bertz CT molecular complexity index is 569. The summed E-state index contributed by atoms with van der Waals surface area (Å²) in [6.07, 6.45) is 0.933. The van der Waals surface area contributed by atoms with E-state index < -0.39 is 0 Å². The van der Waals surface area contributed by atoms with E-state index in [1.165, 1.54) is 11.1 Å². The predicted octanol–water partition coefficient (Wildman–Crippen LogP) is 3.37. The van der Waals surface area contributed by atoms with E-state index in [9.17, 15) is 0 Å². The fourth-order valence-corrected chi connectivity index (χ4v) is 1.88. The number of nitrogens with one attached hydrogen (secondary N) is 1. The summed E-state index contributed by atoms with van der Waals surface area (Å²) in [5.41, 5.74) is 8.88. The highest BCUT2D eigenvalue weighted by Gasteiger charge is 2.04. The minimum Gasteiger partial charge on any atom is -0.476 e. The molecule has 0 fully saturated rings. The van der Waals surface area contributed by atoms with Gasteiger partial charge in [-0.15, -0.1) is 0 Å². The van der Waals surface area contributed by atoms with Gasteiger partial charge in [0.15, 0.2) is 0 Å². The summed E-state index contributed by atoms with van der Waals surface area (Å²) in [7, 11) is 0. The van der Waals surface area contributed by atoms with Crippen molar-refractivity contribution in [1.29, 1.82) is 0 Å². The van der Waals surface area contributed by atoms with Gasteiger partial charge in [0.2, 0.25) is 5.88 Å². The highest BCUT2D eigenvalue weighted by atomic mass is 16.5. The van der Waals surface area contributed by atoms with Gasteiger partial charge in [0.25, 0.3) is 0 Å². The standard InChI is InChI=1S/C16H21N3O/c1-3-9-20-16-14(17)7-8-15(19-16)18-11-13-6-4-5-12(2)10-13/h4-8,10H,3,9,11,17H2,1-2H3,(H,18,19). The SMILES string of the molecule is CCCOc1nc(NCc2cccc(C)c2)ccc1N. The number of rotatable bonds is 6. The summed E-state index contributed by atoms with van der Waals surface area (Å²) >= 11 is 0. The molecule has 106 valence electrons. The Morgan fingerprint density at radius 2 is 2.10 bits per heavy atom. The van der Waals surface area contributed by atoms with Crippen LogP contribution < -0.4 is 15.8 Å². The minimum atomic E-state index is 0.501. The molecule has 4 nitrogen and oxygen atoms in total. The van der Waals surface area contributed by atoms with Crippen LogP contribution in [0.25, 0.3) is 0 Å². The van der Waals surface area contributed by atoms with Crippen LogP contribution in [0.5, 0.6) is 5.88 Å². The van der Waals surface area contributed by atoms with Gasteiger partial charge in [-0.25, -0.2) is 0 Å². The number of anilines is 2. The number of hydrogen-bond acceptors (Lipinski definition) is 4. The van der Waals surface area contributed by atoms with Crippen LogP contribution in [0.3, 0.4) is 0 Å². The van der Waals surface area contributed by atoms with Crippen molar-refractivity contribution in [2.45, 2.75) is 26.8 Å². The molecule has 0 bridgehead atoms. The Hall–Kier alpha value is -2.23. The highest BCUT2D eigenvalue weighted by Crippen LogP contribution is 2.21. The fourth-order valence-electron chi connectivity index (χ4n) is 1.88. The number of pyridine rings is 1. The Balaban J connectivity index is 2.02. The maximum absolute atomic E-state index is 5.84. The molecular formula is C16H21N3O. The van der Waals surface area contributed by atoms with E-state index in [4.69, 9.17) is 10.5 Å². The molecular weight excluding hydrogens is 250 g/mol. The zero-order valence-electron chi connectivity index (χ0n) is 12.0. The van der Waals surface area contributed by atoms with Crippen molar-refractivity contribution < 1.29 is 4.74 Å². The van der Waals surface area contributed by atoms with Crippen molar-refractivity contribution in [3.63, 3.8) is 0 Å². The van der Waals surface area contributed by atoms with Gasteiger partial charge < -0.3 is 15.8 Å². The first-order valence-electron chi connectivity index (χ1n) is 6.87. The first kappa shape index (κ1) is 14.2. The third kappa shape index (κ3) is 3.88. The Morgan fingerprint density at radius 1 is 1.25 bits per heavy atom. The highest BCUT2D eigenvalue weighted by molar-refractivity contribution is 5.53. The van der Waals surface area contributed by atoms with Crippen molar-refractivity contribution in [1.82, 2.24) is 4.98 Å². The molecule has 0 spiro atoms. The third-order valence-corrected chi connectivity index (χ3v) is 2.89. The smallest absolute Gasteiger partial charge is 0.239 e. The molecule has 0 radical (unpaired) electrons. The van der Waals surface area contributed by atoms with Crippen molar-refractivity contribution in [2.75, 3.05) is 17.7 Å². The number of nitrogen functional groups attached to an aromatic ring is 1. The van der Waals surface area contributed by atoms with Crippen molar-refractivity contribution in [2.24, 2.45) is 0 Å². The van der Waals surface area contributed by atoms with E-state index in [1.807, 2.05) is 12.1 Å². The van der Waals surface area contributed by atoms with Crippen LogP contribution in [0.4, 0.5) is 11.5 Å². The maximum atomic E-state index is 5.84. The molecule has 0 atom stereocenters. The van der Waals surface area contributed by atoms with Crippen LogP contribution in [-0.2, 0) is 6.54 Å². The van der Waals surface area contributed by atoms with E-state index in [0.29, 0.717) is 18.2 Å². The van der Waals surface area contributed by atoms with Crippen LogP contribution >= 0.6 is 0 Å². The average molecular weight is 271 g/mol. The second-order valence-corrected chi connectivity index (χ2v) is 4.78. The fraction of sp³-hybridized carbons (Fsp3) is 0.312. The lowest BCUT2D eigenvalue weighted by molar-refractivity contribution is 0.307. The maximum Gasteiger partial charge on any atom is 0.239 e. The van der Waals surface area contributed by atoms with Crippen molar-refractivity contribution >= 4 is 11.5 Å².